The Morgan fingerprint density at radius 1 is 1.22 bits per heavy atom. The van der Waals surface area contributed by atoms with Crippen LogP contribution in [0.2, 0.25) is 0 Å². The number of benzene rings is 2. The summed E-state index contributed by atoms with van der Waals surface area (Å²) in [6.07, 6.45) is 0. The highest BCUT2D eigenvalue weighted by Crippen LogP contribution is 2.48. The van der Waals surface area contributed by atoms with Gasteiger partial charge in [-0.3, -0.25) is 0 Å². The van der Waals surface area contributed by atoms with Crippen molar-refractivity contribution in [3.05, 3.63) is 59.7 Å². The predicted molar refractivity (Wildman–Crippen MR) is 95.2 cm³/mol. The summed E-state index contributed by atoms with van der Waals surface area (Å²) in [6, 6.07) is 16.0. The van der Waals surface area contributed by atoms with Gasteiger partial charge in [0.2, 0.25) is 0 Å². The van der Waals surface area contributed by atoms with Crippen molar-refractivity contribution in [3.63, 3.8) is 0 Å². The molecule has 2 aromatic carbocycles. The van der Waals surface area contributed by atoms with Crippen LogP contribution in [-0.2, 0) is 5.60 Å². The average Bonchev–Trinajstić information content (AvgIpc) is 2.57. The van der Waals surface area contributed by atoms with E-state index in [2.05, 4.69) is 25.1 Å². The third-order valence-electron chi connectivity index (χ3n) is 4.42. The lowest BCUT2D eigenvalue weighted by molar-refractivity contribution is 0.0109. The second-order valence-corrected chi connectivity index (χ2v) is 7.33. The lowest BCUT2D eigenvalue weighted by atomic mass is 9.76. The molecular formula is C19H23NO2S. The monoisotopic (exact) mass is 329 g/mol. The molecule has 0 bridgehead atoms. The van der Waals surface area contributed by atoms with Gasteiger partial charge >= 0.3 is 0 Å². The number of hydrogen-bond acceptors (Lipinski definition) is 4. The molecule has 3 nitrogen and oxygen atoms in total. The molecule has 2 unspecified atom stereocenters. The van der Waals surface area contributed by atoms with E-state index in [9.17, 15) is 5.11 Å². The summed E-state index contributed by atoms with van der Waals surface area (Å²) in [5.41, 5.74) is 0.897. The van der Waals surface area contributed by atoms with Crippen molar-refractivity contribution < 1.29 is 9.84 Å². The Hall–Kier alpha value is -1.49. The first-order chi connectivity index (χ1) is 11.1. The molecule has 0 amide bonds. The molecule has 1 aliphatic heterocycles. The van der Waals surface area contributed by atoms with Gasteiger partial charge in [0.1, 0.15) is 11.4 Å². The number of thioether (sulfide) groups is 1. The van der Waals surface area contributed by atoms with Crippen LogP contribution in [0.3, 0.4) is 0 Å². The molecule has 1 N–H and O–H groups in total. The van der Waals surface area contributed by atoms with Crippen LogP contribution in [0, 0.1) is 5.92 Å². The Bertz CT molecular complexity index is 689. The second kappa shape index (κ2) is 6.56. The Labute approximate surface area is 142 Å². The standard InChI is InChI=1S/C19H23NO2S/c1-20(2)12-15-13-23-18-10-5-4-9-17(18)19(15,21)14-7-6-8-16(11-14)22-3/h4-11,15,21H,12-13H2,1-3H3. The maximum atomic E-state index is 11.8. The second-order valence-electron chi connectivity index (χ2n) is 6.26. The SMILES string of the molecule is COc1cccc(C2(O)c3ccccc3SCC2CN(C)C)c1. The van der Waals surface area contributed by atoms with Crippen LogP contribution in [0.4, 0.5) is 0 Å². The van der Waals surface area contributed by atoms with E-state index in [1.54, 1.807) is 7.11 Å². The Morgan fingerprint density at radius 3 is 2.74 bits per heavy atom. The van der Waals surface area contributed by atoms with Crippen molar-refractivity contribution in [2.24, 2.45) is 5.92 Å². The van der Waals surface area contributed by atoms with E-state index in [1.807, 2.05) is 54.2 Å². The molecule has 2 atom stereocenters. The first-order valence-electron chi connectivity index (χ1n) is 7.79. The van der Waals surface area contributed by atoms with Crippen LogP contribution in [0.15, 0.2) is 53.4 Å². The number of ether oxygens (including phenoxy) is 1. The Morgan fingerprint density at radius 2 is 2.00 bits per heavy atom. The molecule has 2 aromatic rings. The van der Waals surface area contributed by atoms with Gasteiger partial charge in [0.05, 0.1) is 7.11 Å². The Balaban J connectivity index is 2.15. The maximum Gasteiger partial charge on any atom is 0.121 e. The first kappa shape index (κ1) is 16.4. The summed E-state index contributed by atoms with van der Waals surface area (Å²) in [4.78, 5) is 3.30. The quantitative estimate of drug-likeness (QED) is 0.934. The van der Waals surface area contributed by atoms with Gasteiger partial charge in [-0.05, 0) is 37.9 Å². The molecule has 1 heterocycles. The zero-order valence-corrected chi connectivity index (χ0v) is 14.6. The fourth-order valence-electron chi connectivity index (χ4n) is 3.32. The normalized spacial score (nSPS) is 23.6. The van der Waals surface area contributed by atoms with Crippen molar-refractivity contribution in [1.82, 2.24) is 4.90 Å². The summed E-state index contributed by atoms with van der Waals surface area (Å²) in [5, 5.41) is 11.8. The van der Waals surface area contributed by atoms with E-state index in [-0.39, 0.29) is 5.92 Å². The molecule has 1 aliphatic rings. The third-order valence-corrected chi connectivity index (χ3v) is 5.66. The van der Waals surface area contributed by atoms with Crippen LogP contribution in [0.25, 0.3) is 0 Å². The van der Waals surface area contributed by atoms with Crippen molar-refractivity contribution >= 4 is 11.8 Å². The van der Waals surface area contributed by atoms with Gasteiger partial charge < -0.3 is 14.7 Å². The lowest BCUT2D eigenvalue weighted by Gasteiger charge is -2.42. The van der Waals surface area contributed by atoms with Gasteiger partial charge in [-0.25, -0.2) is 0 Å². The minimum absolute atomic E-state index is 0.115. The number of aliphatic hydroxyl groups is 1. The van der Waals surface area contributed by atoms with Crippen molar-refractivity contribution in [2.75, 3.05) is 33.5 Å². The summed E-state index contributed by atoms with van der Waals surface area (Å²) in [7, 11) is 5.76. The highest BCUT2D eigenvalue weighted by molar-refractivity contribution is 7.99. The molecule has 0 fully saturated rings. The third kappa shape index (κ3) is 2.99. The van der Waals surface area contributed by atoms with Crippen LogP contribution >= 0.6 is 11.8 Å². The van der Waals surface area contributed by atoms with Gasteiger partial charge in [-0.1, -0.05) is 30.3 Å². The zero-order chi connectivity index (χ0) is 16.4. The van der Waals surface area contributed by atoms with Crippen LogP contribution in [0.1, 0.15) is 11.1 Å². The summed E-state index contributed by atoms with van der Waals surface area (Å²) in [5.74, 6) is 1.78. The summed E-state index contributed by atoms with van der Waals surface area (Å²) in [6.45, 7) is 0.828. The molecule has 3 rings (SSSR count). The van der Waals surface area contributed by atoms with Crippen LogP contribution in [-0.4, -0.2) is 43.5 Å². The van der Waals surface area contributed by atoms with Gasteiger partial charge in [-0.2, -0.15) is 0 Å². The molecule has 23 heavy (non-hydrogen) atoms. The average molecular weight is 329 g/mol. The molecule has 4 heteroatoms. The zero-order valence-electron chi connectivity index (χ0n) is 13.8. The van der Waals surface area contributed by atoms with E-state index >= 15 is 0 Å². The number of fused-ring (bicyclic) bond motifs is 1. The maximum absolute atomic E-state index is 11.8. The number of methoxy groups -OCH3 is 1. The minimum Gasteiger partial charge on any atom is -0.497 e. The number of hydrogen-bond donors (Lipinski definition) is 1. The van der Waals surface area contributed by atoms with Crippen molar-refractivity contribution in [1.29, 1.82) is 0 Å². The highest BCUT2D eigenvalue weighted by Gasteiger charge is 2.44. The van der Waals surface area contributed by atoms with Gasteiger partial charge in [-0.15, -0.1) is 11.8 Å². The molecular weight excluding hydrogens is 306 g/mol. The summed E-state index contributed by atoms with van der Waals surface area (Å²) < 4.78 is 5.37. The summed E-state index contributed by atoms with van der Waals surface area (Å²) >= 11 is 1.83. The minimum atomic E-state index is -0.999. The molecule has 0 spiro atoms. The molecule has 0 saturated carbocycles. The number of rotatable bonds is 4. The lowest BCUT2D eigenvalue weighted by Crippen LogP contribution is -2.45. The molecule has 0 radical (unpaired) electrons. The molecule has 122 valence electrons. The van der Waals surface area contributed by atoms with Gasteiger partial charge in [0.15, 0.2) is 0 Å². The first-order valence-corrected chi connectivity index (χ1v) is 8.78. The molecule has 0 saturated heterocycles. The van der Waals surface area contributed by atoms with Gasteiger partial charge in [0.25, 0.3) is 0 Å². The van der Waals surface area contributed by atoms with Gasteiger partial charge in [0, 0.05) is 28.7 Å². The van der Waals surface area contributed by atoms with E-state index in [4.69, 9.17) is 4.74 Å². The van der Waals surface area contributed by atoms with Crippen molar-refractivity contribution in [2.45, 2.75) is 10.5 Å². The van der Waals surface area contributed by atoms with Crippen LogP contribution < -0.4 is 4.74 Å². The van der Waals surface area contributed by atoms with E-state index in [0.717, 1.165) is 34.1 Å². The fourth-order valence-corrected chi connectivity index (χ4v) is 4.60. The topological polar surface area (TPSA) is 32.7 Å². The van der Waals surface area contributed by atoms with Crippen LogP contribution in [0.5, 0.6) is 5.75 Å². The highest BCUT2D eigenvalue weighted by atomic mass is 32.2. The number of nitrogens with zero attached hydrogens (tertiary/aromatic N) is 1. The van der Waals surface area contributed by atoms with E-state index < -0.39 is 5.60 Å². The molecule has 0 aliphatic carbocycles. The van der Waals surface area contributed by atoms with E-state index in [1.165, 1.54) is 0 Å². The van der Waals surface area contributed by atoms with E-state index in [0.29, 0.717) is 0 Å². The largest absolute Gasteiger partial charge is 0.497 e. The fraction of sp³-hybridized carbons (Fsp3) is 0.368. The van der Waals surface area contributed by atoms with Crippen molar-refractivity contribution in [3.8, 4) is 5.75 Å². The molecule has 0 aromatic heterocycles. The predicted octanol–water partition coefficient (Wildman–Crippen LogP) is 3.21. The smallest absolute Gasteiger partial charge is 0.121 e. The Kier molecular flexibility index (Phi) is 4.67.